The molecule has 0 saturated carbocycles. The second-order valence-electron chi connectivity index (χ2n) is 16.1. The largest absolute Gasteiger partial charge is 0.493 e. The monoisotopic (exact) mass is 922 g/mol. The lowest BCUT2D eigenvalue weighted by atomic mass is 9.71. The molecule has 5 rings (SSSR count). The molecule has 4 aromatic carbocycles. The summed E-state index contributed by atoms with van der Waals surface area (Å²) in [6.07, 6.45) is 10.4. The zero-order chi connectivity index (χ0) is 48.7. The number of benzene rings is 4. The summed E-state index contributed by atoms with van der Waals surface area (Å²) >= 11 is 0. The van der Waals surface area contributed by atoms with Crippen LogP contribution in [0, 0.1) is 0 Å². The number of hydrogen-bond donors (Lipinski definition) is 0. The lowest BCUT2D eigenvalue weighted by Gasteiger charge is -2.32. The van der Waals surface area contributed by atoms with E-state index >= 15 is 0 Å². The van der Waals surface area contributed by atoms with Crippen LogP contribution >= 0.6 is 0 Å². The van der Waals surface area contributed by atoms with E-state index in [0.717, 1.165) is 47.9 Å². The fraction of sp³-hybridized carbons (Fsp3) is 0.396. The molecule has 2 unspecified atom stereocenters. The van der Waals surface area contributed by atoms with Crippen LogP contribution in [-0.2, 0) is 43.5 Å². The van der Waals surface area contributed by atoms with Crippen LogP contribution in [0.4, 0.5) is 0 Å². The van der Waals surface area contributed by atoms with Crippen LogP contribution in [-0.4, -0.2) is 91.0 Å². The van der Waals surface area contributed by atoms with E-state index in [-0.39, 0.29) is 31.8 Å². The van der Waals surface area contributed by atoms with Crippen LogP contribution in [0.25, 0.3) is 35.4 Å². The number of ether oxygens (including phenoxy) is 10. The first-order chi connectivity index (χ1) is 32.2. The van der Waals surface area contributed by atoms with E-state index in [2.05, 4.69) is 62.4 Å². The zero-order valence-electron chi connectivity index (χ0n) is 40.1. The summed E-state index contributed by atoms with van der Waals surface area (Å²) in [6, 6.07) is 20.7. The van der Waals surface area contributed by atoms with Crippen molar-refractivity contribution in [2.75, 3.05) is 54.9 Å². The van der Waals surface area contributed by atoms with Gasteiger partial charge in [-0.3, -0.25) is 19.2 Å². The number of rotatable bonds is 24. The smallest absolute Gasteiger partial charge is 0.303 e. The second-order valence-corrected chi connectivity index (χ2v) is 16.1. The van der Waals surface area contributed by atoms with E-state index in [0.29, 0.717) is 34.5 Å². The quantitative estimate of drug-likeness (QED) is 0.0371. The number of hydrogen-bond acceptors (Lipinski definition) is 14. The highest BCUT2D eigenvalue weighted by atomic mass is 16.6. The van der Waals surface area contributed by atoms with E-state index in [1.54, 1.807) is 0 Å². The Bertz CT molecular complexity index is 2230. The van der Waals surface area contributed by atoms with Gasteiger partial charge >= 0.3 is 23.9 Å². The molecule has 0 saturated heterocycles. The van der Waals surface area contributed by atoms with Gasteiger partial charge in [-0.15, -0.1) is 0 Å². The van der Waals surface area contributed by atoms with Crippen LogP contribution in [0.15, 0.2) is 60.7 Å². The number of carbonyl (C=O) groups is 4. The topological polar surface area (TPSA) is 161 Å². The first kappa shape index (κ1) is 51.0. The molecule has 0 amide bonds. The van der Waals surface area contributed by atoms with E-state index in [1.165, 1.54) is 78.4 Å². The zero-order valence-corrected chi connectivity index (χ0v) is 40.1. The summed E-state index contributed by atoms with van der Waals surface area (Å²) in [5.74, 6) is 0.231. The molecule has 0 bridgehead atoms. The number of methoxy groups -OCH3 is 4. The summed E-state index contributed by atoms with van der Waals surface area (Å²) in [6.45, 7) is 9.06. The third-order valence-corrected chi connectivity index (χ3v) is 11.1. The Kier molecular flexibility index (Phi) is 18.3. The molecule has 0 spiro atoms. The van der Waals surface area contributed by atoms with E-state index < -0.39 is 36.1 Å². The summed E-state index contributed by atoms with van der Waals surface area (Å²) in [5, 5.41) is 0. The highest BCUT2D eigenvalue weighted by Gasteiger charge is 2.42. The standard InChI is InChI=1S/C53H62O14/c1-11-21-53(22-12-2)45-23-37(13-15-39-25-47(58-7)51(48(26-39)59-8)64-31-41(66-35(5)56)29-62-33(3)54)17-19-43(45)44-20-18-38(24-46(44)53)14-16-40-27-49(60-9)52(50(28-40)61-10)65-32-42(67-36(6)57)30-63-34(4)55/h13-20,23-28,41-42H,11-12,21-22,29-32H2,1-10H3/b15-13+,16-14+. The minimum Gasteiger partial charge on any atom is -0.493 e. The Morgan fingerprint density at radius 3 is 1.12 bits per heavy atom. The summed E-state index contributed by atoms with van der Waals surface area (Å²) in [4.78, 5) is 46.2. The highest BCUT2D eigenvalue weighted by Crippen LogP contribution is 2.54. The van der Waals surface area contributed by atoms with Crippen molar-refractivity contribution in [3.05, 3.63) is 94.0 Å². The second kappa shape index (κ2) is 24.0. The molecule has 0 fully saturated rings. The third kappa shape index (κ3) is 13.1. The molecule has 1 aliphatic carbocycles. The predicted molar refractivity (Wildman–Crippen MR) is 255 cm³/mol. The van der Waals surface area contributed by atoms with Crippen LogP contribution < -0.4 is 28.4 Å². The van der Waals surface area contributed by atoms with Gasteiger partial charge < -0.3 is 47.4 Å². The van der Waals surface area contributed by atoms with Crippen LogP contribution in [0.1, 0.15) is 101 Å². The van der Waals surface area contributed by atoms with Crippen molar-refractivity contribution in [1.82, 2.24) is 0 Å². The normalized spacial score (nSPS) is 13.2. The Morgan fingerprint density at radius 2 is 0.821 bits per heavy atom. The van der Waals surface area contributed by atoms with E-state index in [1.807, 2.05) is 36.4 Å². The van der Waals surface area contributed by atoms with Crippen molar-refractivity contribution in [2.45, 2.75) is 84.8 Å². The summed E-state index contributed by atoms with van der Waals surface area (Å²) in [7, 11) is 6.13. The average Bonchev–Trinajstić information content (AvgIpc) is 3.56. The molecule has 1 aliphatic rings. The van der Waals surface area contributed by atoms with Crippen molar-refractivity contribution < 1.29 is 66.5 Å². The molecule has 0 N–H and O–H groups in total. The van der Waals surface area contributed by atoms with Crippen molar-refractivity contribution in [3.63, 3.8) is 0 Å². The van der Waals surface area contributed by atoms with E-state index in [4.69, 9.17) is 47.4 Å². The minimum atomic E-state index is -0.832. The molecular weight excluding hydrogens is 861 g/mol. The maximum atomic E-state index is 11.7. The molecule has 14 heteroatoms. The maximum absolute atomic E-state index is 11.7. The van der Waals surface area contributed by atoms with Crippen molar-refractivity contribution in [2.24, 2.45) is 0 Å². The summed E-state index contributed by atoms with van der Waals surface area (Å²) < 4.78 is 55.6. The van der Waals surface area contributed by atoms with Gasteiger partial charge in [0.2, 0.25) is 11.5 Å². The Morgan fingerprint density at radius 1 is 0.478 bits per heavy atom. The van der Waals surface area contributed by atoms with Gasteiger partial charge in [0.15, 0.2) is 35.2 Å². The van der Waals surface area contributed by atoms with Gasteiger partial charge in [0.1, 0.15) is 26.4 Å². The van der Waals surface area contributed by atoms with Crippen LogP contribution in [0.5, 0.6) is 34.5 Å². The van der Waals surface area contributed by atoms with Gasteiger partial charge in [0.05, 0.1) is 28.4 Å². The van der Waals surface area contributed by atoms with Crippen molar-refractivity contribution >= 4 is 48.2 Å². The van der Waals surface area contributed by atoms with Crippen LogP contribution in [0.3, 0.4) is 0 Å². The fourth-order valence-electron chi connectivity index (χ4n) is 8.39. The maximum Gasteiger partial charge on any atom is 0.303 e. The number of carbonyl (C=O) groups excluding carboxylic acids is 4. The van der Waals surface area contributed by atoms with Crippen molar-refractivity contribution in [3.8, 4) is 45.6 Å². The Balaban J connectivity index is 1.41. The number of esters is 4. The van der Waals surface area contributed by atoms with Gasteiger partial charge in [-0.2, -0.15) is 0 Å². The first-order valence-corrected chi connectivity index (χ1v) is 22.2. The Hall–Kier alpha value is -6.96. The molecule has 0 aliphatic heterocycles. The highest BCUT2D eigenvalue weighted by molar-refractivity contribution is 5.85. The SMILES string of the molecule is CCCC1(CCC)c2cc(/C=C/c3cc(OC)c(OCC(COC(C)=O)OC(C)=O)c(OC)c3)ccc2-c2ccc(/C=C/c3cc(OC)c(OCC(COC(C)=O)OC(C)=O)c(OC)c3)cc21. The Labute approximate surface area is 393 Å². The predicted octanol–water partition coefficient (Wildman–Crippen LogP) is 9.68. The van der Waals surface area contributed by atoms with Gasteiger partial charge in [-0.25, -0.2) is 0 Å². The molecule has 67 heavy (non-hydrogen) atoms. The third-order valence-electron chi connectivity index (χ3n) is 11.1. The molecule has 4 aromatic rings. The van der Waals surface area contributed by atoms with Crippen LogP contribution in [0.2, 0.25) is 0 Å². The van der Waals surface area contributed by atoms with E-state index in [9.17, 15) is 19.2 Å². The number of fused-ring (bicyclic) bond motifs is 3. The van der Waals surface area contributed by atoms with Gasteiger partial charge in [0.25, 0.3) is 0 Å². The first-order valence-electron chi connectivity index (χ1n) is 22.2. The van der Waals surface area contributed by atoms with Gasteiger partial charge in [0, 0.05) is 33.1 Å². The molecule has 0 aromatic heterocycles. The molecule has 0 heterocycles. The van der Waals surface area contributed by atoms with Crippen molar-refractivity contribution in [1.29, 1.82) is 0 Å². The average molecular weight is 923 g/mol. The minimum absolute atomic E-state index is 0.0962. The molecular formula is C53H62O14. The molecule has 2 atom stereocenters. The summed E-state index contributed by atoms with van der Waals surface area (Å²) in [5.41, 5.74) is 8.57. The molecule has 358 valence electrons. The fourth-order valence-corrected chi connectivity index (χ4v) is 8.39. The molecule has 14 nitrogen and oxygen atoms in total. The van der Waals surface area contributed by atoms with Gasteiger partial charge in [-0.05, 0) is 81.6 Å². The molecule has 0 radical (unpaired) electrons. The van der Waals surface area contributed by atoms with Gasteiger partial charge in [-0.1, -0.05) is 87.4 Å². The lowest BCUT2D eigenvalue weighted by molar-refractivity contribution is -0.158. The lowest BCUT2D eigenvalue weighted by Crippen LogP contribution is -2.30.